The highest BCUT2D eigenvalue weighted by atomic mass is 32.2. The van der Waals surface area contributed by atoms with Crippen LogP contribution in [0.3, 0.4) is 0 Å². The molecule has 4 aromatic rings. The van der Waals surface area contributed by atoms with Crippen molar-refractivity contribution in [2.75, 3.05) is 5.75 Å². The molecule has 34 heavy (non-hydrogen) atoms. The van der Waals surface area contributed by atoms with Crippen LogP contribution >= 0.6 is 23.1 Å². The molecule has 0 saturated carbocycles. The standard InChI is InChI=1S/C22H21NOS2.C6H8N2/c24-16-22(12-6-1-7-14-25-21-23-13-15-26-21)19-10-4-2-8-17(19)18-9-3-5-11-20(18)22;7-5-6-3-1-2-4-8-6/h2-5,8-11,13,15-16H,1,6-7,12,14H2;1-4H,5,7H2. The molecule has 4 nitrogen and oxygen atoms in total. The molecule has 0 atom stereocenters. The zero-order valence-electron chi connectivity index (χ0n) is 19.1. The summed E-state index contributed by atoms with van der Waals surface area (Å²) in [5.41, 5.74) is 10.5. The summed E-state index contributed by atoms with van der Waals surface area (Å²) < 4.78 is 1.15. The highest BCUT2D eigenvalue weighted by Gasteiger charge is 2.42. The Morgan fingerprint density at radius 1 is 0.853 bits per heavy atom. The lowest BCUT2D eigenvalue weighted by Gasteiger charge is -2.25. The van der Waals surface area contributed by atoms with Crippen molar-refractivity contribution in [2.24, 2.45) is 5.73 Å². The number of aldehydes is 1. The fourth-order valence-electron chi connectivity index (χ4n) is 4.46. The van der Waals surface area contributed by atoms with E-state index >= 15 is 0 Å². The van der Waals surface area contributed by atoms with Crippen LogP contribution in [0.1, 0.15) is 42.5 Å². The molecule has 0 amide bonds. The van der Waals surface area contributed by atoms with Crippen LogP contribution in [0.4, 0.5) is 0 Å². The summed E-state index contributed by atoms with van der Waals surface area (Å²) in [5.74, 6) is 1.09. The van der Waals surface area contributed by atoms with Crippen molar-refractivity contribution in [3.8, 4) is 11.1 Å². The number of fused-ring (bicyclic) bond motifs is 3. The molecular weight excluding hydrogens is 458 g/mol. The van der Waals surface area contributed by atoms with Crippen molar-refractivity contribution in [1.29, 1.82) is 0 Å². The molecule has 2 N–H and O–H groups in total. The normalized spacial score (nSPS) is 12.9. The number of nitrogens with zero attached hydrogens (tertiary/aromatic N) is 2. The molecule has 5 rings (SSSR count). The molecule has 174 valence electrons. The van der Waals surface area contributed by atoms with Crippen LogP contribution in [0.25, 0.3) is 11.1 Å². The number of hydrogen-bond acceptors (Lipinski definition) is 6. The lowest BCUT2D eigenvalue weighted by molar-refractivity contribution is -0.111. The van der Waals surface area contributed by atoms with Crippen molar-refractivity contribution < 1.29 is 4.79 Å². The van der Waals surface area contributed by atoms with E-state index < -0.39 is 5.41 Å². The van der Waals surface area contributed by atoms with E-state index in [1.807, 2.05) is 53.7 Å². The highest BCUT2D eigenvalue weighted by molar-refractivity contribution is 8.00. The third-order valence-corrected chi connectivity index (χ3v) is 8.14. The zero-order valence-corrected chi connectivity index (χ0v) is 20.7. The number of unbranched alkanes of at least 4 members (excludes halogenated alkanes) is 2. The number of aromatic nitrogens is 2. The van der Waals surface area contributed by atoms with Gasteiger partial charge in [-0.15, -0.1) is 11.3 Å². The monoisotopic (exact) mass is 487 g/mol. The van der Waals surface area contributed by atoms with E-state index in [0.717, 1.165) is 41.5 Å². The smallest absolute Gasteiger partial charge is 0.149 e. The molecule has 1 aliphatic rings. The first kappa shape index (κ1) is 24.3. The van der Waals surface area contributed by atoms with Crippen LogP contribution in [-0.2, 0) is 16.8 Å². The molecule has 0 unspecified atom stereocenters. The first-order chi connectivity index (χ1) is 16.8. The number of carbonyl (C=O) groups is 1. The van der Waals surface area contributed by atoms with Gasteiger partial charge < -0.3 is 10.5 Å². The van der Waals surface area contributed by atoms with Crippen LogP contribution in [0.5, 0.6) is 0 Å². The van der Waals surface area contributed by atoms with Gasteiger partial charge in [0, 0.05) is 30.1 Å². The van der Waals surface area contributed by atoms with Gasteiger partial charge in [-0.1, -0.05) is 79.2 Å². The number of hydrogen-bond donors (Lipinski definition) is 1. The highest BCUT2D eigenvalue weighted by Crippen LogP contribution is 2.50. The van der Waals surface area contributed by atoms with E-state index in [9.17, 15) is 4.79 Å². The lowest BCUT2D eigenvalue weighted by Crippen LogP contribution is -2.27. The van der Waals surface area contributed by atoms with Gasteiger partial charge in [-0.05, 0) is 47.2 Å². The van der Waals surface area contributed by atoms with Gasteiger partial charge in [0.2, 0.25) is 0 Å². The van der Waals surface area contributed by atoms with E-state index in [0.29, 0.717) is 6.54 Å². The third-order valence-electron chi connectivity index (χ3n) is 6.09. The summed E-state index contributed by atoms with van der Waals surface area (Å²) >= 11 is 3.53. The molecule has 2 aromatic heterocycles. The predicted molar refractivity (Wildman–Crippen MR) is 142 cm³/mol. The fraction of sp³-hybridized carbons (Fsp3) is 0.250. The van der Waals surface area contributed by atoms with Crippen LogP contribution in [0, 0.1) is 0 Å². The Morgan fingerprint density at radius 3 is 2.12 bits per heavy atom. The van der Waals surface area contributed by atoms with Gasteiger partial charge in [0.25, 0.3) is 0 Å². The number of carbonyl (C=O) groups excluding carboxylic acids is 1. The van der Waals surface area contributed by atoms with Gasteiger partial charge in [0.1, 0.15) is 10.6 Å². The molecule has 6 heteroatoms. The first-order valence-electron chi connectivity index (χ1n) is 11.6. The van der Waals surface area contributed by atoms with E-state index in [1.165, 1.54) is 28.5 Å². The van der Waals surface area contributed by atoms with Gasteiger partial charge in [-0.25, -0.2) is 4.98 Å². The predicted octanol–water partition coefficient (Wildman–Crippen LogP) is 6.50. The minimum absolute atomic E-state index is 0.477. The Labute approximate surface area is 209 Å². The second kappa shape index (κ2) is 12.1. The van der Waals surface area contributed by atoms with E-state index in [-0.39, 0.29) is 0 Å². The molecule has 2 aromatic carbocycles. The molecule has 0 bridgehead atoms. The molecule has 1 aliphatic carbocycles. The minimum atomic E-state index is -0.477. The Balaban J connectivity index is 0.000000291. The molecule has 0 spiro atoms. The number of thiazole rings is 1. The summed E-state index contributed by atoms with van der Waals surface area (Å²) in [6, 6.07) is 22.5. The number of thioether (sulfide) groups is 1. The Hall–Kier alpha value is -2.80. The molecule has 0 aliphatic heterocycles. The molecule has 0 radical (unpaired) electrons. The van der Waals surface area contributed by atoms with Crippen molar-refractivity contribution >= 4 is 29.4 Å². The average molecular weight is 488 g/mol. The lowest BCUT2D eigenvalue weighted by atomic mass is 9.75. The van der Waals surface area contributed by atoms with Crippen molar-refractivity contribution in [3.63, 3.8) is 0 Å². The topological polar surface area (TPSA) is 68.9 Å². The maximum Gasteiger partial charge on any atom is 0.149 e. The second-order valence-corrected chi connectivity index (χ2v) is 10.4. The summed E-state index contributed by atoms with van der Waals surface area (Å²) in [7, 11) is 0. The van der Waals surface area contributed by atoms with E-state index in [4.69, 9.17) is 5.73 Å². The third kappa shape index (κ3) is 5.46. The van der Waals surface area contributed by atoms with Crippen LogP contribution < -0.4 is 5.73 Å². The van der Waals surface area contributed by atoms with Crippen LogP contribution in [0.2, 0.25) is 0 Å². The Kier molecular flexibility index (Phi) is 8.63. The second-order valence-electron chi connectivity index (χ2n) is 8.16. The average Bonchev–Trinajstić information content (AvgIpc) is 3.52. The van der Waals surface area contributed by atoms with Crippen molar-refractivity contribution in [1.82, 2.24) is 9.97 Å². The quantitative estimate of drug-likeness (QED) is 0.166. The van der Waals surface area contributed by atoms with Gasteiger partial charge in [0.15, 0.2) is 0 Å². The fourth-order valence-corrected chi connectivity index (χ4v) is 6.16. The number of rotatable bonds is 9. The zero-order chi connectivity index (χ0) is 23.6. The van der Waals surface area contributed by atoms with Gasteiger partial charge in [0.05, 0.1) is 11.1 Å². The molecule has 2 heterocycles. The van der Waals surface area contributed by atoms with Crippen LogP contribution in [0.15, 0.2) is 88.8 Å². The van der Waals surface area contributed by atoms with E-state index in [1.54, 1.807) is 17.5 Å². The molecule has 0 fully saturated rings. The first-order valence-corrected chi connectivity index (χ1v) is 13.4. The molecular formula is C28H29N3OS2. The summed E-state index contributed by atoms with van der Waals surface area (Å²) in [6.07, 6.45) is 9.01. The summed E-state index contributed by atoms with van der Waals surface area (Å²) in [4.78, 5) is 20.6. The minimum Gasteiger partial charge on any atom is -0.325 e. The van der Waals surface area contributed by atoms with Gasteiger partial charge in [-0.2, -0.15) is 0 Å². The van der Waals surface area contributed by atoms with Gasteiger partial charge >= 0.3 is 0 Å². The summed E-state index contributed by atoms with van der Waals surface area (Å²) in [5, 5.41) is 2.02. The van der Waals surface area contributed by atoms with Gasteiger partial charge in [-0.3, -0.25) is 4.98 Å². The Morgan fingerprint density at radius 2 is 1.56 bits per heavy atom. The number of benzene rings is 2. The van der Waals surface area contributed by atoms with Crippen molar-refractivity contribution in [3.05, 3.63) is 101 Å². The van der Waals surface area contributed by atoms with E-state index in [2.05, 4.69) is 46.4 Å². The van der Waals surface area contributed by atoms with Crippen molar-refractivity contribution in [2.45, 2.75) is 42.0 Å². The maximum absolute atomic E-state index is 12.3. The SMILES string of the molecule is NCc1ccccn1.O=CC1(CCCCCSc2nccs2)c2ccccc2-c2ccccc21. The number of pyridine rings is 1. The molecule has 0 saturated heterocycles. The number of nitrogens with two attached hydrogens (primary N) is 1. The largest absolute Gasteiger partial charge is 0.325 e. The Bertz CT molecular complexity index is 1130. The maximum atomic E-state index is 12.3. The van der Waals surface area contributed by atoms with Crippen LogP contribution in [-0.4, -0.2) is 22.0 Å². The summed E-state index contributed by atoms with van der Waals surface area (Å²) in [6.45, 7) is 0.529.